The number of rotatable bonds is 13. The van der Waals surface area contributed by atoms with Crippen LogP contribution in [-0.4, -0.2) is 61.5 Å². The summed E-state index contributed by atoms with van der Waals surface area (Å²) in [5.74, 6) is -8.25. The summed E-state index contributed by atoms with van der Waals surface area (Å²) < 4.78 is 143. The molecule has 3 N–H and O–H groups in total. The van der Waals surface area contributed by atoms with Crippen molar-refractivity contribution in [2.45, 2.75) is 55.1 Å². The third kappa shape index (κ3) is 7.15. The lowest BCUT2D eigenvalue weighted by molar-refractivity contribution is -0.456. The third-order valence-electron chi connectivity index (χ3n) is 3.18. The standard InChI is InChI=1S/C12H14F9NO7S/c13-9(14,4-1-5-28-8(25)6(22)2-3-7(23)24)10(15,16)29-11(17,18)12(19,20)30(21,26)27/h6H,1-5,22H2,(H,23,24)/t6-/m0/s1. The number of aliphatic carboxylic acids is 1. The Morgan fingerprint density at radius 2 is 1.50 bits per heavy atom. The van der Waals surface area contributed by atoms with Crippen LogP contribution in [0.3, 0.4) is 0 Å². The molecule has 0 spiro atoms. The van der Waals surface area contributed by atoms with E-state index in [-0.39, 0.29) is 0 Å². The Labute approximate surface area is 162 Å². The van der Waals surface area contributed by atoms with Crippen molar-refractivity contribution in [2.75, 3.05) is 6.61 Å². The molecule has 0 aromatic heterocycles. The van der Waals surface area contributed by atoms with Crippen molar-refractivity contribution in [2.24, 2.45) is 5.73 Å². The number of carboxylic acid groups (broad SMARTS) is 1. The Morgan fingerprint density at radius 3 is 1.93 bits per heavy atom. The summed E-state index contributed by atoms with van der Waals surface area (Å²) in [4.78, 5) is 21.6. The summed E-state index contributed by atoms with van der Waals surface area (Å²) in [5, 5.41) is 1.47. The minimum atomic E-state index is -7.52. The Kier molecular flexibility index (Phi) is 8.97. The van der Waals surface area contributed by atoms with Gasteiger partial charge in [0.2, 0.25) is 0 Å². The van der Waals surface area contributed by atoms with Crippen LogP contribution in [0.15, 0.2) is 0 Å². The highest BCUT2D eigenvalue weighted by Crippen LogP contribution is 2.48. The van der Waals surface area contributed by atoms with E-state index in [0.29, 0.717) is 0 Å². The first kappa shape index (κ1) is 28.2. The van der Waals surface area contributed by atoms with Crippen LogP contribution < -0.4 is 5.73 Å². The van der Waals surface area contributed by atoms with Gasteiger partial charge in [0.25, 0.3) is 0 Å². The molecule has 0 bridgehead atoms. The summed E-state index contributed by atoms with van der Waals surface area (Å²) in [6.45, 7) is -1.04. The fraction of sp³-hybridized carbons (Fsp3) is 0.833. The molecule has 0 aliphatic rings. The van der Waals surface area contributed by atoms with Gasteiger partial charge in [-0.3, -0.25) is 9.59 Å². The molecule has 0 radical (unpaired) electrons. The van der Waals surface area contributed by atoms with Gasteiger partial charge >= 0.3 is 45.6 Å². The van der Waals surface area contributed by atoms with Crippen molar-refractivity contribution in [1.29, 1.82) is 0 Å². The SMILES string of the molecule is N[C@@H](CCC(=O)O)C(=O)OCCCC(F)(F)C(F)(F)OC(F)(F)C(F)(F)S(=O)(=O)F. The molecule has 0 fully saturated rings. The quantitative estimate of drug-likeness (QED) is 0.175. The normalized spacial score (nSPS) is 15.0. The first-order valence-electron chi connectivity index (χ1n) is 7.47. The molecule has 0 saturated heterocycles. The van der Waals surface area contributed by atoms with Crippen molar-refractivity contribution in [1.82, 2.24) is 0 Å². The number of hydrogen-bond donors (Lipinski definition) is 2. The van der Waals surface area contributed by atoms with E-state index in [4.69, 9.17) is 10.8 Å². The summed E-state index contributed by atoms with van der Waals surface area (Å²) >= 11 is 0. The average molecular weight is 487 g/mol. The largest absolute Gasteiger partial charge is 0.481 e. The fourth-order valence-corrected chi connectivity index (χ4v) is 1.88. The van der Waals surface area contributed by atoms with E-state index in [0.717, 1.165) is 0 Å². The van der Waals surface area contributed by atoms with E-state index < -0.39 is 83.9 Å². The molecule has 178 valence electrons. The van der Waals surface area contributed by atoms with Crippen molar-refractivity contribution >= 4 is 22.2 Å². The molecule has 0 heterocycles. The van der Waals surface area contributed by atoms with Crippen LogP contribution in [0.1, 0.15) is 25.7 Å². The maximum absolute atomic E-state index is 13.4. The molecular weight excluding hydrogens is 473 g/mol. The van der Waals surface area contributed by atoms with Gasteiger partial charge in [0.1, 0.15) is 6.04 Å². The first-order chi connectivity index (χ1) is 13.2. The van der Waals surface area contributed by atoms with E-state index in [1.807, 2.05) is 4.74 Å². The number of carbonyl (C=O) groups is 2. The predicted octanol–water partition coefficient (Wildman–Crippen LogP) is 2.23. The van der Waals surface area contributed by atoms with Crippen molar-refractivity contribution < 1.29 is 71.6 Å². The van der Waals surface area contributed by atoms with E-state index in [9.17, 15) is 57.0 Å². The Balaban J connectivity index is 4.91. The first-order valence-corrected chi connectivity index (χ1v) is 8.86. The molecule has 0 unspecified atom stereocenters. The summed E-state index contributed by atoms with van der Waals surface area (Å²) in [5.41, 5.74) is 5.19. The molecular formula is C12H14F9NO7S. The number of carbonyl (C=O) groups excluding carboxylic acids is 1. The number of ether oxygens (including phenoxy) is 2. The topological polar surface area (TPSA) is 133 Å². The maximum Gasteiger partial charge on any atom is 0.464 e. The zero-order chi connectivity index (χ0) is 24.2. The van der Waals surface area contributed by atoms with Gasteiger partial charge in [-0.15, -0.1) is 0 Å². The van der Waals surface area contributed by atoms with Crippen LogP contribution in [0, 0.1) is 0 Å². The zero-order valence-electron chi connectivity index (χ0n) is 14.4. The molecule has 8 nitrogen and oxygen atoms in total. The number of halogens is 9. The third-order valence-corrected chi connectivity index (χ3v) is 4.03. The van der Waals surface area contributed by atoms with Gasteiger partial charge in [-0.1, -0.05) is 3.89 Å². The van der Waals surface area contributed by atoms with Crippen LogP contribution in [0.5, 0.6) is 0 Å². The highest BCUT2D eigenvalue weighted by atomic mass is 32.3. The van der Waals surface area contributed by atoms with E-state index >= 15 is 0 Å². The van der Waals surface area contributed by atoms with Gasteiger partial charge in [-0.25, -0.2) is 4.74 Å². The van der Waals surface area contributed by atoms with Crippen LogP contribution in [0.2, 0.25) is 0 Å². The molecule has 0 aliphatic heterocycles. The Morgan fingerprint density at radius 1 is 1.00 bits per heavy atom. The number of esters is 1. The van der Waals surface area contributed by atoms with E-state index in [2.05, 4.69) is 4.74 Å². The molecule has 0 amide bonds. The molecule has 0 rings (SSSR count). The summed E-state index contributed by atoms with van der Waals surface area (Å²) in [7, 11) is -7.52. The van der Waals surface area contributed by atoms with Crippen molar-refractivity contribution in [3.05, 3.63) is 0 Å². The molecule has 0 aromatic carbocycles. The number of alkyl halides is 8. The molecule has 0 aliphatic carbocycles. The Bertz CT molecular complexity index is 730. The summed E-state index contributed by atoms with van der Waals surface area (Å²) in [6.07, 6.45) is -17.5. The van der Waals surface area contributed by atoms with Crippen LogP contribution >= 0.6 is 0 Å². The van der Waals surface area contributed by atoms with Gasteiger partial charge in [-0.05, 0) is 12.8 Å². The van der Waals surface area contributed by atoms with Gasteiger partial charge in [0.05, 0.1) is 6.61 Å². The second kappa shape index (κ2) is 9.54. The number of nitrogens with two attached hydrogens (primary N) is 1. The monoisotopic (exact) mass is 487 g/mol. The Hall–Kier alpha value is -1.82. The van der Waals surface area contributed by atoms with E-state index in [1.54, 1.807) is 0 Å². The highest BCUT2D eigenvalue weighted by molar-refractivity contribution is 7.87. The van der Waals surface area contributed by atoms with E-state index in [1.165, 1.54) is 0 Å². The van der Waals surface area contributed by atoms with Gasteiger partial charge in [0, 0.05) is 12.8 Å². The van der Waals surface area contributed by atoms with Gasteiger partial charge in [-0.2, -0.15) is 43.5 Å². The van der Waals surface area contributed by atoms with Gasteiger partial charge in [0.15, 0.2) is 0 Å². The lowest BCUT2D eigenvalue weighted by Crippen LogP contribution is -2.55. The molecule has 1 atom stereocenters. The highest BCUT2D eigenvalue weighted by Gasteiger charge is 2.74. The second-order valence-electron chi connectivity index (χ2n) is 5.60. The fourth-order valence-electron chi connectivity index (χ4n) is 1.55. The smallest absolute Gasteiger partial charge is 0.464 e. The minimum Gasteiger partial charge on any atom is -0.481 e. The molecule has 30 heavy (non-hydrogen) atoms. The van der Waals surface area contributed by atoms with Crippen molar-refractivity contribution in [3.8, 4) is 0 Å². The van der Waals surface area contributed by atoms with Crippen LogP contribution in [-0.2, 0) is 29.3 Å². The van der Waals surface area contributed by atoms with Gasteiger partial charge < -0.3 is 15.6 Å². The molecule has 18 heteroatoms. The maximum atomic E-state index is 13.4. The minimum absolute atomic E-state index is 0.420. The lowest BCUT2D eigenvalue weighted by Gasteiger charge is -2.31. The number of hydrogen-bond acceptors (Lipinski definition) is 7. The summed E-state index contributed by atoms with van der Waals surface area (Å²) in [6, 6.07) is -1.50. The predicted molar refractivity (Wildman–Crippen MR) is 75.9 cm³/mol. The average Bonchev–Trinajstić information content (AvgIpc) is 2.53. The molecule has 0 aromatic rings. The van der Waals surface area contributed by atoms with Crippen LogP contribution in [0.25, 0.3) is 0 Å². The lowest BCUT2D eigenvalue weighted by atomic mass is 10.1. The van der Waals surface area contributed by atoms with Crippen molar-refractivity contribution in [3.63, 3.8) is 0 Å². The second-order valence-corrected chi connectivity index (χ2v) is 6.99. The zero-order valence-corrected chi connectivity index (χ0v) is 15.2. The molecule has 0 saturated carbocycles. The van der Waals surface area contributed by atoms with Crippen LogP contribution in [0.4, 0.5) is 39.0 Å². The number of carboxylic acids is 1.